The summed E-state index contributed by atoms with van der Waals surface area (Å²) < 4.78 is 8.40. The van der Waals surface area contributed by atoms with E-state index in [0.29, 0.717) is 18.2 Å². The van der Waals surface area contributed by atoms with E-state index in [-0.39, 0.29) is 17.3 Å². The number of hydrogen-bond acceptors (Lipinski definition) is 3. The summed E-state index contributed by atoms with van der Waals surface area (Å²) in [6.45, 7) is 1.28. The Labute approximate surface area is 198 Å². The van der Waals surface area contributed by atoms with E-state index in [1.807, 2.05) is 42.6 Å². The van der Waals surface area contributed by atoms with Gasteiger partial charge in [0, 0.05) is 34.3 Å². The average Bonchev–Trinajstić information content (AvgIpc) is 3.38. The number of ether oxygens (including phenoxy) is 1. The van der Waals surface area contributed by atoms with Crippen LogP contribution < -0.4 is 0 Å². The molecule has 0 amide bonds. The molecule has 0 saturated heterocycles. The number of carbonyl (C=O) groups excluding carboxylic acids is 1. The molecule has 2 aliphatic rings. The monoisotopic (exact) mass is 456 g/mol. The zero-order valence-electron chi connectivity index (χ0n) is 18.3. The van der Waals surface area contributed by atoms with Gasteiger partial charge in [-0.25, -0.2) is 0 Å². The third-order valence-corrected chi connectivity index (χ3v) is 7.58. The third-order valence-electron chi connectivity index (χ3n) is 7.34. The van der Waals surface area contributed by atoms with Crippen molar-refractivity contribution in [2.24, 2.45) is 5.92 Å². The SMILES string of the molecule is O=C(c1cn(Cc2ccccn2)c2cc(Cl)ccc12)C1CCC2(CC1)OCc1ccccc12. The molecule has 0 atom stereocenters. The average molecular weight is 457 g/mol. The van der Waals surface area contributed by atoms with E-state index in [1.165, 1.54) is 11.1 Å². The van der Waals surface area contributed by atoms with Crippen LogP contribution in [0.25, 0.3) is 10.9 Å². The highest BCUT2D eigenvalue weighted by molar-refractivity contribution is 6.31. The van der Waals surface area contributed by atoms with Gasteiger partial charge < -0.3 is 9.30 Å². The van der Waals surface area contributed by atoms with Gasteiger partial charge in [-0.2, -0.15) is 0 Å². The van der Waals surface area contributed by atoms with Crippen LogP contribution in [0.3, 0.4) is 0 Å². The third kappa shape index (κ3) is 3.58. The second kappa shape index (κ2) is 8.12. The van der Waals surface area contributed by atoms with E-state index in [1.54, 1.807) is 6.20 Å². The summed E-state index contributed by atoms with van der Waals surface area (Å²) in [5, 5.41) is 1.63. The first-order chi connectivity index (χ1) is 16.1. The molecule has 0 N–H and O–H groups in total. The molecule has 33 heavy (non-hydrogen) atoms. The van der Waals surface area contributed by atoms with Gasteiger partial charge in [-0.3, -0.25) is 9.78 Å². The number of pyridine rings is 1. The van der Waals surface area contributed by atoms with Crippen molar-refractivity contribution in [3.8, 4) is 0 Å². The molecule has 0 unspecified atom stereocenters. The molecule has 0 bridgehead atoms. The topological polar surface area (TPSA) is 44.1 Å². The van der Waals surface area contributed by atoms with Gasteiger partial charge in [0.2, 0.25) is 0 Å². The van der Waals surface area contributed by atoms with Crippen molar-refractivity contribution in [1.29, 1.82) is 0 Å². The first-order valence-electron chi connectivity index (χ1n) is 11.6. The maximum absolute atomic E-state index is 13.7. The van der Waals surface area contributed by atoms with Gasteiger partial charge in [-0.1, -0.05) is 48.0 Å². The molecule has 4 aromatic rings. The first-order valence-corrected chi connectivity index (χ1v) is 12.0. The van der Waals surface area contributed by atoms with E-state index in [2.05, 4.69) is 33.8 Å². The number of halogens is 1. The van der Waals surface area contributed by atoms with Crippen molar-refractivity contribution in [3.63, 3.8) is 0 Å². The van der Waals surface area contributed by atoms with Crippen LogP contribution in [0.1, 0.15) is 52.9 Å². The molecule has 0 radical (unpaired) electrons. The normalized spacial score (nSPS) is 22.0. The van der Waals surface area contributed by atoms with Crippen LogP contribution in [0.4, 0.5) is 0 Å². The maximum atomic E-state index is 13.7. The molecule has 1 aliphatic heterocycles. The van der Waals surface area contributed by atoms with Gasteiger partial charge in [-0.15, -0.1) is 0 Å². The number of rotatable bonds is 4. The highest BCUT2D eigenvalue weighted by Gasteiger charge is 2.44. The molecule has 1 saturated carbocycles. The Kier molecular flexibility index (Phi) is 5.08. The van der Waals surface area contributed by atoms with Crippen molar-refractivity contribution >= 4 is 28.3 Å². The number of benzene rings is 2. The molecule has 2 aromatic carbocycles. The van der Waals surface area contributed by atoms with Crippen molar-refractivity contribution in [1.82, 2.24) is 9.55 Å². The lowest BCUT2D eigenvalue weighted by atomic mass is 9.73. The highest BCUT2D eigenvalue weighted by atomic mass is 35.5. The molecule has 1 fully saturated rings. The van der Waals surface area contributed by atoms with Gasteiger partial charge >= 0.3 is 0 Å². The fourth-order valence-electron chi connectivity index (χ4n) is 5.62. The quantitative estimate of drug-likeness (QED) is 0.327. The Bertz CT molecular complexity index is 1340. The van der Waals surface area contributed by atoms with Gasteiger partial charge in [-0.05, 0) is 61.1 Å². The maximum Gasteiger partial charge on any atom is 0.168 e. The first kappa shape index (κ1) is 20.6. The number of fused-ring (bicyclic) bond motifs is 3. The Hall–Kier alpha value is -2.95. The van der Waals surface area contributed by atoms with E-state index in [9.17, 15) is 4.79 Å². The smallest absolute Gasteiger partial charge is 0.168 e. The van der Waals surface area contributed by atoms with Gasteiger partial charge in [0.05, 0.1) is 30.0 Å². The minimum Gasteiger partial charge on any atom is -0.366 e. The molecule has 1 spiro atoms. The predicted molar refractivity (Wildman–Crippen MR) is 129 cm³/mol. The fourth-order valence-corrected chi connectivity index (χ4v) is 5.79. The van der Waals surface area contributed by atoms with E-state index in [4.69, 9.17) is 16.3 Å². The lowest BCUT2D eigenvalue weighted by Gasteiger charge is -2.36. The number of aromatic nitrogens is 2. The van der Waals surface area contributed by atoms with Gasteiger partial charge in [0.15, 0.2) is 5.78 Å². The van der Waals surface area contributed by atoms with Crippen molar-refractivity contribution < 1.29 is 9.53 Å². The minimum atomic E-state index is -0.214. The summed E-state index contributed by atoms with van der Waals surface area (Å²) in [6.07, 6.45) is 7.24. The second-order valence-corrected chi connectivity index (χ2v) is 9.67. The molecular weight excluding hydrogens is 432 g/mol. The van der Waals surface area contributed by atoms with Crippen molar-refractivity contribution in [3.05, 3.63) is 100 Å². The van der Waals surface area contributed by atoms with Gasteiger partial charge in [0.1, 0.15) is 0 Å². The summed E-state index contributed by atoms with van der Waals surface area (Å²) in [6, 6.07) is 20.2. The zero-order chi connectivity index (χ0) is 22.4. The van der Waals surface area contributed by atoms with E-state index < -0.39 is 0 Å². The van der Waals surface area contributed by atoms with Gasteiger partial charge in [0.25, 0.3) is 0 Å². The molecule has 1 aliphatic carbocycles. The van der Waals surface area contributed by atoms with Crippen molar-refractivity contribution in [2.75, 3.05) is 0 Å². The second-order valence-electron chi connectivity index (χ2n) is 9.23. The Morgan fingerprint density at radius 3 is 2.73 bits per heavy atom. The molecule has 4 nitrogen and oxygen atoms in total. The van der Waals surface area contributed by atoms with Crippen LogP contribution in [-0.4, -0.2) is 15.3 Å². The van der Waals surface area contributed by atoms with Crippen LogP contribution >= 0.6 is 11.6 Å². The van der Waals surface area contributed by atoms with Crippen LogP contribution in [0.15, 0.2) is 73.1 Å². The molecule has 166 valence electrons. The molecular formula is C28H25ClN2O2. The van der Waals surface area contributed by atoms with E-state index >= 15 is 0 Å². The number of Topliss-reactive ketones (excluding diaryl/α,β-unsaturated/α-hetero) is 1. The Balaban J connectivity index is 1.28. The standard InChI is InChI=1S/C28H25ClN2O2/c29-21-8-9-23-24(17-31(26(23)15-21)16-22-6-3-4-14-30-22)27(32)19-10-12-28(13-11-19)25-7-2-1-5-20(25)18-33-28/h1-9,14-15,17,19H,10-13,16,18H2. The summed E-state index contributed by atoms with van der Waals surface area (Å²) in [4.78, 5) is 18.2. The van der Waals surface area contributed by atoms with Crippen LogP contribution in [0.2, 0.25) is 5.02 Å². The predicted octanol–water partition coefficient (Wildman–Crippen LogP) is 6.54. The fraction of sp³-hybridized carbons (Fsp3) is 0.286. The zero-order valence-corrected chi connectivity index (χ0v) is 19.1. The Morgan fingerprint density at radius 1 is 1.09 bits per heavy atom. The summed E-state index contributed by atoms with van der Waals surface area (Å²) in [5.74, 6) is 0.236. The van der Waals surface area contributed by atoms with Crippen LogP contribution in [-0.2, 0) is 23.5 Å². The number of carbonyl (C=O) groups is 1. The molecule has 3 heterocycles. The molecule has 2 aromatic heterocycles. The number of ketones is 1. The lowest BCUT2D eigenvalue weighted by Crippen LogP contribution is -2.33. The van der Waals surface area contributed by atoms with E-state index in [0.717, 1.165) is 47.8 Å². The molecule has 6 rings (SSSR count). The minimum absolute atomic E-state index is 0.0107. The summed E-state index contributed by atoms with van der Waals surface area (Å²) >= 11 is 6.31. The number of hydrogen-bond donors (Lipinski definition) is 0. The van der Waals surface area contributed by atoms with Crippen molar-refractivity contribution in [2.45, 2.75) is 44.4 Å². The molecule has 5 heteroatoms. The lowest BCUT2D eigenvalue weighted by molar-refractivity contribution is -0.0697. The highest BCUT2D eigenvalue weighted by Crippen LogP contribution is 2.48. The van der Waals surface area contributed by atoms with Crippen LogP contribution in [0, 0.1) is 5.92 Å². The summed E-state index contributed by atoms with van der Waals surface area (Å²) in [5.41, 5.74) is 5.09. The Morgan fingerprint density at radius 2 is 1.91 bits per heavy atom. The van der Waals surface area contributed by atoms with Crippen LogP contribution in [0.5, 0.6) is 0 Å². The number of nitrogens with zero attached hydrogens (tertiary/aromatic N) is 2. The summed E-state index contributed by atoms with van der Waals surface area (Å²) in [7, 11) is 0. The largest absolute Gasteiger partial charge is 0.366 e.